The molecule has 128 valence electrons. The summed E-state index contributed by atoms with van der Waals surface area (Å²) in [5.74, 6) is 0.00607. The van der Waals surface area contributed by atoms with Crippen LogP contribution in [0.3, 0.4) is 0 Å². The number of nitrogens with two attached hydrogens (primary N) is 1. The van der Waals surface area contributed by atoms with Crippen molar-refractivity contribution in [1.29, 1.82) is 0 Å². The maximum Gasteiger partial charge on any atom is 0.281 e. The van der Waals surface area contributed by atoms with Gasteiger partial charge in [-0.15, -0.1) is 0 Å². The van der Waals surface area contributed by atoms with Crippen LogP contribution in [0.2, 0.25) is 0 Å². The standard InChI is InChI=1S/C15H23N3O4S/c1-15(2)9-12(18(5)23(20,21)17(3)4)11-8-10(14(16)19)6-7-13(11)22-15/h6-8,12H,9H2,1-5H3,(H2,16,19). The Morgan fingerprint density at radius 3 is 2.43 bits per heavy atom. The molecule has 1 heterocycles. The summed E-state index contributed by atoms with van der Waals surface area (Å²) in [5.41, 5.74) is 5.78. The number of nitrogens with zero attached hydrogens (tertiary/aromatic N) is 2. The second-order valence-electron chi connectivity index (χ2n) is 6.50. The first-order valence-electron chi connectivity index (χ1n) is 7.24. The lowest BCUT2D eigenvalue weighted by molar-refractivity contribution is 0.0533. The molecule has 0 fully saturated rings. The van der Waals surface area contributed by atoms with Gasteiger partial charge in [0.05, 0.1) is 6.04 Å². The van der Waals surface area contributed by atoms with Crippen LogP contribution in [0, 0.1) is 0 Å². The molecule has 1 aromatic rings. The van der Waals surface area contributed by atoms with Crippen LogP contribution in [-0.2, 0) is 10.2 Å². The average Bonchev–Trinajstić information content (AvgIpc) is 2.43. The van der Waals surface area contributed by atoms with Gasteiger partial charge in [-0.05, 0) is 32.0 Å². The summed E-state index contributed by atoms with van der Waals surface area (Å²) >= 11 is 0. The molecular weight excluding hydrogens is 318 g/mol. The SMILES string of the molecule is CN(C)S(=O)(=O)N(C)C1CC(C)(C)Oc2ccc(C(N)=O)cc21. The van der Waals surface area contributed by atoms with Crippen LogP contribution in [-0.4, -0.2) is 49.7 Å². The van der Waals surface area contributed by atoms with E-state index in [9.17, 15) is 13.2 Å². The predicted molar refractivity (Wildman–Crippen MR) is 87.4 cm³/mol. The first-order chi connectivity index (χ1) is 10.5. The smallest absolute Gasteiger partial charge is 0.281 e. The van der Waals surface area contributed by atoms with Gasteiger partial charge in [0.2, 0.25) is 5.91 Å². The minimum Gasteiger partial charge on any atom is -0.487 e. The highest BCUT2D eigenvalue weighted by Gasteiger charge is 2.40. The van der Waals surface area contributed by atoms with Crippen LogP contribution in [0.15, 0.2) is 18.2 Å². The Balaban J connectivity index is 2.57. The summed E-state index contributed by atoms with van der Waals surface area (Å²) in [6.45, 7) is 3.81. The molecule has 0 aromatic heterocycles. The van der Waals surface area contributed by atoms with Gasteiger partial charge in [0.15, 0.2) is 0 Å². The van der Waals surface area contributed by atoms with E-state index in [1.54, 1.807) is 18.2 Å². The van der Waals surface area contributed by atoms with Crippen molar-refractivity contribution in [2.24, 2.45) is 5.73 Å². The number of amides is 1. The van der Waals surface area contributed by atoms with E-state index in [0.717, 1.165) is 4.31 Å². The van der Waals surface area contributed by atoms with Gasteiger partial charge in [0, 0.05) is 38.7 Å². The minimum absolute atomic E-state index is 0.327. The van der Waals surface area contributed by atoms with E-state index >= 15 is 0 Å². The lowest BCUT2D eigenvalue weighted by atomic mass is 9.89. The van der Waals surface area contributed by atoms with E-state index in [-0.39, 0.29) is 0 Å². The third-order valence-electron chi connectivity index (χ3n) is 3.99. The van der Waals surface area contributed by atoms with Crippen molar-refractivity contribution in [2.45, 2.75) is 31.9 Å². The van der Waals surface area contributed by atoms with Crippen molar-refractivity contribution in [3.05, 3.63) is 29.3 Å². The molecule has 1 aliphatic heterocycles. The molecule has 0 aliphatic carbocycles. The zero-order valence-corrected chi connectivity index (χ0v) is 14.8. The maximum absolute atomic E-state index is 12.5. The molecule has 1 amide bonds. The highest BCUT2D eigenvalue weighted by molar-refractivity contribution is 7.86. The monoisotopic (exact) mass is 341 g/mol. The fourth-order valence-corrected chi connectivity index (χ4v) is 3.74. The molecule has 0 bridgehead atoms. The Labute approximate surface area is 137 Å². The summed E-state index contributed by atoms with van der Waals surface area (Å²) in [7, 11) is 0.889. The third kappa shape index (κ3) is 3.34. The topological polar surface area (TPSA) is 92.9 Å². The number of hydrogen-bond acceptors (Lipinski definition) is 4. The molecule has 7 nitrogen and oxygen atoms in total. The van der Waals surface area contributed by atoms with Crippen molar-refractivity contribution in [3.8, 4) is 5.75 Å². The van der Waals surface area contributed by atoms with Crippen LogP contribution in [0.25, 0.3) is 0 Å². The highest BCUT2D eigenvalue weighted by atomic mass is 32.2. The van der Waals surface area contributed by atoms with Gasteiger partial charge in [0.1, 0.15) is 11.4 Å². The van der Waals surface area contributed by atoms with Crippen LogP contribution in [0.5, 0.6) is 5.75 Å². The van der Waals surface area contributed by atoms with Crippen LogP contribution < -0.4 is 10.5 Å². The summed E-state index contributed by atoms with van der Waals surface area (Å²) in [4.78, 5) is 11.4. The molecular formula is C15H23N3O4S. The van der Waals surface area contributed by atoms with Crippen molar-refractivity contribution in [1.82, 2.24) is 8.61 Å². The van der Waals surface area contributed by atoms with Crippen molar-refractivity contribution >= 4 is 16.1 Å². The fraction of sp³-hybridized carbons (Fsp3) is 0.533. The highest BCUT2D eigenvalue weighted by Crippen LogP contribution is 2.43. The van der Waals surface area contributed by atoms with Gasteiger partial charge >= 0.3 is 0 Å². The predicted octanol–water partition coefficient (Wildman–Crippen LogP) is 1.13. The molecule has 0 saturated heterocycles. The quantitative estimate of drug-likeness (QED) is 0.888. The Kier molecular flexibility index (Phi) is 4.44. The Bertz CT molecular complexity index is 728. The molecule has 2 rings (SSSR count). The lowest BCUT2D eigenvalue weighted by Crippen LogP contribution is -2.45. The van der Waals surface area contributed by atoms with Gasteiger partial charge in [-0.3, -0.25) is 4.79 Å². The number of carbonyl (C=O) groups excluding carboxylic acids is 1. The zero-order valence-electron chi connectivity index (χ0n) is 14.0. The second-order valence-corrected chi connectivity index (χ2v) is 8.71. The molecule has 1 aromatic carbocycles. The van der Waals surface area contributed by atoms with Crippen molar-refractivity contribution in [3.63, 3.8) is 0 Å². The summed E-state index contributed by atoms with van der Waals surface area (Å²) in [6.07, 6.45) is 0.464. The molecule has 1 unspecified atom stereocenters. The lowest BCUT2D eigenvalue weighted by Gasteiger charge is -2.41. The van der Waals surface area contributed by atoms with Gasteiger partial charge in [-0.25, -0.2) is 0 Å². The normalized spacial score (nSPS) is 20.2. The van der Waals surface area contributed by atoms with E-state index in [1.165, 1.54) is 25.4 Å². The first-order valence-corrected chi connectivity index (χ1v) is 8.63. The molecule has 1 aliphatic rings. The molecule has 0 saturated carbocycles. The Hall–Kier alpha value is -1.64. The van der Waals surface area contributed by atoms with E-state index in [4.69, 9.17) is 10.5 Å². The van der Waals surface area contributed by atoms with Gasteiger partial charge in [-0.1, -0.05) is 0 Å². The van der Waals surface area contributed by atoms with Crippen LogP contribution in [0.1, 0.15) is 42.2 Å². The second kappa shape index (κ2) is 5.77. The summed E-state index contributed by atoms with van der Waals surface area (Å²) in [5, 5.41) is 0. The molecule has 0 radical (unpaired) electrons. The molecule has 2 N–H and O–H groups in total. The van der Waals surface area contributed by atoms with Crippen LogP contribution >= 0.6 is 0 Å². The third-order valence-corrected chi connectivity index (χ3v) is 5.89. The van der Waals surface area contributed by atoms with E-state index in [1.807, 2.05) is 13.8 Å². The number of carbonyl (C=O) groups is 1. The molecule has 0 spiro atoms. The molecule has 1 atom stereocenters. The van der Waals surface area contributed by atoms with E-state index in [2.05, 4.69) is 0 Å². The van der Waals surface area contributed by atoms with E-state index in [0.29, 0.717) is 23.3 Å². The summed E-state index contributed by atoms with van der Waals surface area (Å²) < 4.78 is 33.4. The molecule has 23 heavy (non-hydrogen) atoms. The molecule has 8 heteroatoms. The Morgan fingerprint density at radius 2 is 1.91 bits per heavy atom. The van der Waals surface area contributed by atoms with Crippen molar-refractivity contribution in [2.75, 3.05) is 21.1 Å². The van der Waals surface area contributed by atoms with Gasteiger partial charge < -0.3 is 10.5 Å². The maximum atomic E-state index is 12.5. The number of hydrogen-bond donors (Lipinski definition) is 1. The van der Waals surface area contributed by atoms with Gasteiger partial charge in [0.25, 0.3) is 10.2 Å². The first kappa shape index (κ1) is 17.7. The number of fused-ring (bicyclic) bond motifs is 1. The number of rotatable bonds is 4. The van der Waals surface area contributed by atoms with Crippen LogP contribution in [0.4, 0.5) is 0 Å². The number of ether oxygens (including phenoxy) is 1. The number of benzene rings is 1. The fourth-order valence-electron chi connectivity index (χ4n) is 2.71. The number of primary amides is 1. The van der Waals surface area contributed by atoms with E-state index < -0.39 is 27.8 Å². The largest absolute Gasteiger partial charge is 0.487 e. The minimum atomic E-state index is -3.61. The average molecular weight is 341 g/mol. The Morgan fingerprint density at radius 1 is 1.30 bits per heavy atom. The van der Waals surface area contributed by atoms with Gasteiger partial charge in [-0.2, -0.15) is 17.0 Å². The summed E-state index contributed by atoms with van der Waals surface area (Å²) in [6, 6.07) is 4.42. The van der Waals surface area contributed by atoms with Crippen molar-refractivity contribution < 1.29 is 17.9 Å². The zero-order chi connectivity index (χ0) is 17.6.